The highest BCUT2D eigenvalue weighted by atomic mass is 16.5. The van der Waals surface area contributed by atoms with E-state index in [1.165, 1.54) is 0 Å². The molecule has 0 aliphatic rings. The van der Waals surface area contributed by atoms with Crippen LogP contribution in [-0.2, 0) is 14.3 Å². The molecule has 292 valence electrons. The van der Waals surface area contributed by atoms with Crippen molar-refractivity contribution in [2.24, 2.45) is 11.5 Å². The fraction of sp³-hybridized carbons (Fsp3) is 0.514. The maximum absolute atomic E-state index is 12.5. The smallest absolute Gasteiger partial charge is 0.257 e. The van der Waals surface area contributed by atoms with Crippen molar-refractivity contribution in [1.29, 1.82) is 10.8 Å². The Labute approximate surface area is 312 Å². The van der Waals surface area contributed by atoms with Crippen molar-refractivity contribution in [3.63, 3.8) is 0 Å². The Hall–Kier alpha value is -4.90. The molecule has 0 saturated heterocycles. The summed E-state index contributed by atoms with van der Waals surface area (Å²) in [5.74, 6) is -1.25. The molecule has 12 N–H and O–H groups in total. The van der Waals surface area contributed by atoms with Gasteiger partial charge in [0.05, 0.1) is 18.7 Å². The van der Waals surface area contributed by atoms with E-state index in [1.54, 1.807) is 55.6 Å². The van der Waals surface area contributed by atoms with Crippen molar-refractivity contribution in [3.8, 4) is 0 Å². The van der Waals surface area contributed by atoms with E-state index >= 15 is 0 Å². The lowest BCUT2D eigenvalue weighted by atomic mass is 10.1. The van der Waals surface area contributed by atoms with Gasteiger partial charge in [-0.25, -0.2) is 0 Å². The molecule has 2 rings (SSSR count). The minimum absolute atomic E-state index is 0.0739. The highest BCUT2D eigenvalue weighted by Crippen LogP contribution is 2.02. The average molecular weight is 738 g/mol. The molecule has 16 nitrogen and oxygen atoms in total. The predicted molar refractivity (Wildman–Crippen MR) is 206 cm³/mol. The molecule has 0 saturated carbocycles. The third-order valence-electron chi connectivity index (χ3n) is 8.22. The van der Waals surface area contributed by atoms with Crippen molar-refractivity contribution in [2.75, 3.05) is 59.5 Å². The third-order valence-corrected chi connectivity index (χ3v) is 8.22. The summed E-state index contributed by atoms with van der Waals surface area (Å²) in [7, 11) is 1.65. The molecule has 0 unspecified atom stereocenters. The van der Waals surface area contributed by atoms with Crippen molar-refractivity contribution in [1.82, 2.24) is 36.8 Å². The lowest BCUT2D eigenvalue weighted by Gasteiger charge is -2.22. The van der Waals surface area contributed by atoms with Crippen LogP contribution < -0.4 is 43.4 Å². The third kappa shape index (κ3) is 20.1. The van der Waals surface area contributed by atoms with E-state index in [2.05, 4.69) is 36.8 Å². The van der Waals surface area contributed by atoms with Crippen molar-refractivity contribution in [3.05, 3.63) is 71.8 Å². The zero-order valence-electron chi connectivity index (χ0n) is 30.9. The number of amides is 4. The molecule has 0 spiro atoms. The Balaban J connectivity index is 1.51. The SMILES string of the molecule is COCCN(CCCNC(=O)[C@@H](N)CCCCNC(=N)NC(=O)c1ccccc1)CCCNC(=O)[C@@H](N)CCCCNC(=N)NC(=O)c1ccccc1. The molecule has 2 atom stereocenters. The second-order valence-electron chi connectivity index (χ2n) is 12.6. The average Bonchev–Trinajstić information content (AvgIpc) is 3.16. The van der Waals surface area contributed by atoms with E-state index in [-0.39, 0.29) is 35.5 Å². The fourth-order valence-corrected chi connectivity index (χ4v) is 5.15. The number of nitrogens with zero attached hydrogens (tertiary/aromatic N) is 1. The van der Waals surface area contributed by atoms with Crippen LogP contribution in [0.15, 0.2) is 60.7 Å². The number of nitrogens with one attached hydrogen (secondary N) is 8. The second kappa shape index (κ2) is 26.8. The van der Waals surface area contributed by atoms with Gasteiger partial charge in [0.2, 0.25) is 11.8 Å². The number of hydrogen-bond acceptors (Lipinski definition) is 10. The van der Waals surface area contributed by atoms with Crippen LogP contribution in [0.4, 0.5) is 0 Å². The Morgan fingerprint density at radius 1 is 0.604 bits per heavy atom. The quantitative estimate of drug-likeness (QED) is 0.0391. The molecular weight excluding hydrogens is 678 g/mol. The highest BCUT2D eigenvalue weighted by Gasteiger charge is 2.15. The van der Waals surface area contributed by atoms with E-state index in [0.29, 0.717) is 82.4 Å². The van der Waals surface area contributed by atoms with E-state index in [9.17, 15) is 19.2 Å². The summed E-state index contributed by atoms with van der Waals surface area (Å²) in [4.78, 5) is 51.4. The van der Waals surface area contributed by atoms with Gasteiger partial charge in [-0.2, -0.15) is 0 Å². The van der Waals surface area contributed by atoms with Gasteiger partial charge in [-0.15, -0.1) is 0 Å². The molecule has 16 heteroatoms. The number of methoxy groups -OCH3 is 1. The Morgan fingerprint density at radius 3 is 1.40 bits per heavy atom. The van der Waals surface area contributed by atoms with Crippen molar-refractivity contribution < 1.29 is 23.9 Å². The number of nitrogens with two attached hydrogens (primary N) is 2. The maximum Gasteiger partial charge on any atom is 0.257 e. The molecule has 0 bridgehead atoms. The molecule has 0 heterocycles. The van der Waals surface area contributed by atoms with Gasteiger partial charge in [-0.1, -0.05) is 36.4 Å². The van der Waals surface area contributed by atoms with E-state index in [4.69, 9.17) is 27.0 Å². The van der Waals surface area contributed by atoms with E-state index in [1.807, 2.05) is 12.1 Å². The molecule has 0 aliphatic carbocycles. The Morgan fingerprint density at radius 2 is 1.00 bits per heavy atom. The molecule has 2 aromatic carbocycles. The van der Waals surface area contributed by atoms with E-state index in [0.717, 1.165) is 32.5 Å². The van der Waals surface area contributed by atoms with Crippen LogP contribution >= 0.6 is 0 Å². The number of hydrogen-bond donors (Lipinski definition) is 10. The van der Waals surface area contributed by atoms with Gasteiger partial charge in [0.15, 0.2) is 11.9 Å². The predicted octanol–water partition coefficient (Wildman–Crippen LogP) is 0.851. The molecule has 0 aliphatic heterocycles. The second-order valence-corrected chi connectivity index (χ2v) is 12.6. The summed E-state index contributed by atoms with van der Waals surface area (Å²) < 4.78 is 5.25. The topological polar surface area (TPSA) is 253 Å². The molecule has 0 aromatic heterocycles. The first kappa shape index (κ1) is 44.3. The van der Waals surface area contributed by atoms with Gasteiger partial charge in [0, 0.05) is 51.0 Å². The summed E-state index contributed by atoms with van der Waals surface area (Å²) in [6, 6.07) is 16.1. The lowest BCUT2D eigenvalue weighted by molar-refractivity contribution is -0.123. The largest absolute Gasteiger partial charge is 0.383 e. The van der Waals surface area contributed by atoms with Crippen LogP contribution in [0.3, 0.4) is 0 Å². The van der Waals surface area contributed by atoms with Crippen LogP contribution in [0.5, 0.6) is 0 Å². The first-order valence-corrected chi connectivity index (χ1v) is 18.3. The van der Waals surface area contributed by atoms with Gasteiger partial charge < -0.3 is 42.4 Å². The standard InChI is InChI=1S/C37H59N11O5/c1-53-27-26-48(24-12-22-42-34(51)30(38)18-8-10-20-44-36(40)46-32(49)28-14-4-2-5-15-28)25-13-23-43-35(52)31(39)19-9-11-21-45-37(41)47-33(50)29-16-6-3-7-17-29/h2-7,14-17,30-31H,8-13,18-27,38-39H2,1H3,(H,42,51)(H,43,52)(H3,40,44,46,49)(H3,41,45,47,50)/t30-,31-/m0/s1. The maximum atomic E-state index is 12.5. The zero-order chi connectivity index (χ0) is 38.7. The van der Waals surface area contributed by atoms with Gasteiger partial charge in [-0.3, -0.25) is 40.6 Å². The minimum atomic E-state index is -0.627. The van der Waals surface area contributed by atoms with Gasteiger partial charge in [0.25, 0.3) is 11.8 Å². The molecule has 2 aromatic rings. The summed E-state index contributed by atoms with van der Waals surface area (Å²) in [6.45, 7) is 4.69. The highest BCUT2D eigenvalue weighted by molar-refractivity contribution is 6.05. The van der Waals surface area contributed by atoms with Crippen LogP contribution in [0.2, 0.25) is 0 Å². The number of rotatable bonds is 25. The van der Waals surface area contributed by atoms with Crippen molar-refractivity contribution >= 4 is 35.5 Å². The van der Waals surface area contributed by atoms with Gasteiger partial charge >= 0.3 is 0 Å². The number of ether oxygens (including phenoxy) is 1. The molecule has 0 radical (unpaired) electrons. The minimum Gasteiger partial charge on any atom is -0.383 e. The van der Waals surface area contributed by atoms with Crippen molar-refractivity contribution in [2.45, 2.75) is 63.5 Å². The summed E-state index contributed by atoms with van der Waals surface area (Å²) in [5, 5.41) is 32.3. The molecule has 0 fully saturated rings. The number of benzene rings is 2. The van der Waals surface area contributed by atoms with Crippen LogP contribution in [0, 0.1) is 10.8 Å². The number of carbonyl (C=O) groups excluding carboxylic acids is 4. The Bertz CT molecular complexity index is 1300. The van der Waals surface area contributed by atoms with Crippen LogP contribution in [0.1, 0.15) is 72.1 Å². The number of carbonyl (C=O) groups is 4. The first-order valence-electron chi connectivity index (χ1n) is 18.3. The lowest BCUT2D eigenvalue weighted by Crippen LogP contribution is -2.43. The van der Waals surface area contributed by atoms with Crippen LogP contribution in [0.25, 0.3) is 0 Å². The zero-order valence-corrected chi connectivity index (χ0v) is 30.9. The van der Waals surface area contributed by atoms with Gasteiger partial charge in [0.1, 0.15) is 0 Å². The number of unbranched alkanes of at least 4 members (excludes halogenated alkanes) is 2. The first-order chi connectivity index (χ1) is 25.6. The Kier molecular flexibility index (Phi) is 22.4. The summed E-state index contributed by atoms with van der Waals surface area (Å²) in [5.41, 5.74) is 13.1. The van der Waals surface area contributed by atoms with Gasteiger partial charge in [-0.05, 0) is 88.7 Å². The molecule has 4 amide bonds. The fourth-order valence-electron chi connectivity index (χ4n) is 5.15. The summed E-state index contributed by atoms with van der Waals surface area (Å²) >= 11 is 0. The molecular formula is C37H59N11O5. The monoisotopic (exact) mass is 737 g/mol. The summed E-state index contributed by atoms with van der Waals surface area (Å²) in [6.07, 6.45) is 5.23. The molecule has 53 heavy (non-hydrogen) atoms. The van der Waals surface area contributed by atoms with E-state index < -0.39 is 12.1 Å². The normalized spacial score (nSPS) is 11.9. The number of guanidine groups is 2. The van der Waals surface area contributed by atoms with Crippen LogP contribution in [-0.4, -0.2) is 112 Å².